The molecule has 1 N–H and O–H groups in total. The third-order valence-electron chi connectivity index (χ3n) is 5.22. The molecule has 0 unspecified atom stereocenters. The van der Waals surface area contributed by atoms with Gasteiger partial charge in [-0.15, -0.1) is 0 Å². The summed E-state index contributed by atoms with van der Waals surface area (Å²) in [6.07, 6.45) is -4.36. The first-order chi connectivity index (χ1) is 14.8. The fourth-order valence-electron chi connectivity index (χ4n) is 3.49. The second-order valence-corrected chi connectivity index (χ2v) is 7.28. The molecule has 1 heterocycles. The number of anilines is 1. The number of halogens is 3. The highest BCUT2D eigenvalue weighted by Crippen LogP contribution is 2.32. The predicted molar refractivity (Wildman–Crippen MR) is 111 cm³/mol. The van der Waals surface area contributed by atoms with Gasteiger partial charge in [0, 0.05) is 38.4 Å². The number of nitrogens with zero attached hydrogens (tertiary/aromatic N) is 2. The Kier molecular flexibility index (Phi) is 7.27. The number of piperazine rings is 1. The fourth-order valence-corrected chi connectivity index (χ4v) is 3.49. The Labute approximate surface area is 179 Å². The van der Waals surface area contributed by atoms with Gasteiger partial charge in [-0.05, 0) is 35.9 Å². The lowest BCUT2D eigenvalue weighted by Gasteiger charge is -2.36. The molecule has 31 heavy (non-hydrogen) atoms. The zero-order chi connectivity index (χ0) is 22.4. The molecule has 1 amide bonds. The largest absolute Gasteiger partial charge is 0.493 e. The molecule has 3 rings (SSSR count). The number of benzene rings is 2. The van der Waals surface area contributed by atoms with Crippen LogP contribution in [0.5, 0.6) is 11.5 Å². The van der Waals surface area contributed by atoms with Crippen LogP contribution >= 0.6 is 0 Å². The first-order valence-corrected chi connectivity index (χ1v) is 9.92. The van der Waals surface area contributed by atoms with Gasteiger partial charge in [0.05, 0.1) is 26.3 Å². The van der Waals surface area contributed by atoms with Crippen molar-refractivity contribution in [2.45, 2.75) is 12.7 Å². The highest BCUT2D eigenvalue weighted by molar-refractivity contribution is 5.78. The van der Waals surface area contributed by atoms with Gasteiger partial charge in [0.1, 0.15) is 0 Å². The fraction of sp³-hybridized carbons (Fsp3) is 0.409. The Morgan fingerprint density at radius 2 is 1.71 bits per heavy atom. The van der Waals surface area contributed by atoms with Crippen LogP contribution < -0.4 is 19.7 Å². The van der Waals surface area contributed by atoms with Gasteiger partial charge in [0.25, 0.3) is 0 Å². The van der Waals surface area contributed by atoms with Gasteiger partial charge in [-0.1, -0.05) is 12.1 Å². The zero-order valence-corrected chi connectivity index (χ0v) is 17.5. The van der Waals surface area contributed by atoms with E-state index in [2.05, 4.69) is 5.32 Å². The number of methoxy groups -OCH3 is 2. The molecule has 2 aromatic rings. The summed E-state index contributed by atoms with van der Waals surface area (Å²) >= 11 is 0. The van der Waals surface area contributed by atoms with Crippen LogP contribution in [-0.2, 0) is 17.5 Å². The van der Waals surface area contributed by atoms with Gasteiger partial charge >= 0.3 is 6.18 Å². The van der Waals surface area contributed by atoms with Crippen LogP contribution in [0.1, 0.15) is 11.1 Å². The Morgan fingerprint density at radius 3 is 2.35 bits per heavy atom. The molecule has 1 aliphatic rings. The number of alkyl halides is 3. The average Bonchev–Trinajstić information content (AvgIpc) is 2.77. The van der Waals surface area contributed by atoms with E-state index in [1.54, 1.807) is 26.4 Å². The molecule has 6 nitrogen and oxygen atoms in total. The Bertz CT molecular complexity index is 897. The Hall–Kier alpha value is -2.94. The summed E-state index contributed by atoms with van der Waals surface area (Å²) in [5.41, 5.74) is 0.787. The van der Waals surface area contributed by atoms with Crippen LogP contribution in [-0.4, -0.2) is 57.8 Å². The van der Waals surface area contributed by atoms with Crippen molar-refractivity contribution >= 4 is 11.6 Å². The topological polar surface area (TPSA) is 54.0 Å². The molecule has 1 fully saturated rings. The summed E-state index contributed by atoms with van der Waals surface area (Å²) < 4.78 is 49.3. The summed E-state index contributed by atoms with van der Waals surface area (Å²) in [7, 11) is 3.12. The summed E-state index contributed by atoms with van der Waals surface area (Å²) in [4.78, 5) is 16.2. The van der Waals surface area contributed by atoms with Gasteiger partial charge in [-0.2, -0.15) is 13.2 Å². The maximum Gasteiger partial charge on any atom is 0.416 e. The van der Waals surface area contributed by atoms with Crippen molar-refractivity contribution < 1.29 is 27.4 Å². The van der Waals surface area contributed by atoms with E-state index in [4.69, 9.17) is 9.47 Å². The normalized spacial score (nSPS) is 14.9. The van der Waals surface area contributed by atoms with E-state index in [-0.39, 0.29) is 12.5 Å². The second kappa shape index (κ2) is 9.91. The van der Waals surface area contributed by atoms with E-state index in [0.717, 1.165) is 11.6 Å². The maximum absolute atomic E-state index is 12.9. The molecule has 0 saturated carbocycles. The highest BCUT2D eigenvalue weighted by atomic mass is 19.4. The molecule has 0 aliphatic carbocycles. The maximum atomic E-state index is 12.9. The van der Waals surface area contributed by atoms with Gasteiger partial charge in [-0.25, -0.2) is 0 Å². The monoisotopic (exact) mass is 437 g/mol. The molecule has 0 spiro atoms. The molecule has 0 radical (unpaired) electrons. The van der Waals surface area contributed by atoms with Gasteiger partial charge in [0.2, 0.25) is 5.91 Å². The molecular formula is C22H26F3N3O3. The van der Waals surface area contributed by atoms with Gasteiger partial charge < -0.3 is 19.7 Å². The van der Waals surface area contributed by atoms with Crippen molar-refractivity contribution in [1.29, 1.82) is 0 Å². The van der Waals surface area contributed by atoms with Crippen molar-refractivity contribution in [1.82, 2.24) is 10.2 Å². The van der Waals surface area contributed by atoms with Crippen LogP contribution in [0, 0.1) is 0 Å². The summed E-state index contributed by atoms with van der Waals surface area (Å²) in [5, 5.41) is 2.89. The molecule has 0 bridgehead atoms. The molecule has 2 aromatic carbocycles. The molecule has 1 saturated heterocycles. The number of ether oxygens (including phenoxy) is 2. The zero-order valence-electron chi connectivity index (χ0n) is 17.5. The summed E-state index contributed by atoms with van der Waals surface area (Å²) in [6, 6.07) is 10.8. The standard InChI is InChI=1S/C22H26F3N3O3/c1-30-19-7-6-16(12-20(19)31-2)14-26-21(29)15-27-8-10-28(11-9-27)18-5-3-4-17(13-18)22(23,24)25/h3-7,12-13H,8-11,14-15H2,1-2H3,(H,26,29). The van der Waals surface area contributed by atoms with Crippen molar-refractivity contribution in [3.05, 3.63) is 53.6 Å². The minimum Gasteiger partial charge on any atom is -0.493 e. The Morgan fingerprint density at radius 1 is 1.00 bits per heavy atom. The van der Waals surface area contributed by atoms with Crippen LogP contribution in [0.3, 0.4) is 0 Å². The van der Waals surface area contributed by atoms with E-state index in [1.165, 1.54) is 12.1 Å². The lowest BCUT2D eigenvalue weighted by atomic mass is 10.1. The Balaban J connectivity index is 1.47. The number of nitrogens with one attached hydrogen (secondary N) is 1. The minimum absolute atomic E-state index is 0.109. The lowest BCUT2D eigenvalue weighted by Crippen LogP contribution is -2.49. The number of hydrogen-bond acceptors (Lipinski definition) is 5. The number of carbonyl (C=O) groups is 1. The van der Waals surface area contributed by atoms with Crippen LogP contribution in [0.4, 0.5) is 18.9 Å². The van der Waals surface area contributed by atoms with Crippen LogP contribution in [0.2, 0.25) is 0 Å². The van der Waals surface area contributed by atoms with E-state index < -0.39 is 11.7 Å². The quantitative estimate of drug-likeness (QED) is 0.721. The van der Waals surface area contributed by atoms with Crippen LogP contribution in [0.25, 0.3) is 0 Å². The second-order valence-electron chi connectivity index (χ2n) is 7.28. The van der Waals surface area contributed by atoms with Crippen molar-refractivity contribution in [3.63, 3.8) is 0 Å². The molecule has 9 heteroatoms. The molecule has 0 aromatic heterocycles. The third-order valence-corrected chi connectivity index (χ3v) is 5.22. The van der Waals surface area contributed by atoms with E-state index >= 15 is 0 Å². The minimum atomic E-state index is -4.36. The SMILES string of the molecule is COc1ccc(CNC(=O)CN2CCN(c3cccc(C(F)(F)F)c3)CC2)cc1OC. The number of rotatable bonds is 7. The van der Waals surface area contributed by atoms with E-state index in [1.807, 2.05) is 21.9 Å². The molecule has 1 aliphatic heterocycles. The summed E-state index contributed by atoms with van der Waals surface area (Å²) in [6.45, 7) is 2.92. The van der Waals surface area contributed by atoms with Gasteiger partial charge in [-0.3, -0.25) is 9.69 Å². The molecular weight excluding hydrogens is 411 g/mol. The van der Waals surface area contributed by atoms with Crippen molar-refractivity contribution in [2.75, 3.05) is 51.8 Å². The first kappa shape index (κ1) is 22.7. The highest BCUT2D eigenvalue weighted by Gasteiger charge is 2.31. The van der Waals surface area contributed by atoms with Crippen molar-refractivity contribution in [2.24, 2.45) is 0 Å². The number of carbonyl (C=O) groups excluding carboxylic acids is 1. The average molecular weight is 437 g/mol. The van der Waals surface area contributed by atoms with Crippen molar-refractivity contribution in [3.8, 4) is 11.5 Å². The molecule has 0 atom stereocenters. The molecule has 168 valence electrons. The smallest absolute Gasteiger partial charge is 0.416 e. The number of amides is 1. The summed E-state index contributed by atoms with van der Waals surface area (Å²) in [5.74, 6) is 1.11. The lowest BCUT2D eigenvalue weighted by molar-refractivity contribution is -0.137. The van der Waals surface area contributed by atoms with E-state index in [9.17, 15) is 18.0 Å². The van der Waals surface area contributed by atoms with Gasteiger partial charge in [0.15, 0.2) is 11.5 Å². The first-order valence-electron chi connectivity index (χ1n) is 9.92. The van der Waals surface area contributed by atoms with E-state index in [0.29, 0.717) is 49.9 Å². The van der Waals surface area contributed by atoms with Crippen LogP contribution in [0.15, 0.2) is 42.5 Å². The number of hydrogen-bond donors (Lipinski definition) is 1. The predicted octanol–water partition coefficient (Wildman–Crippen LogP) is 3.16. The third kappa shape index (κ3) is 6.04.